The largest absolute Gasteiger partial charge is 0.393 e. The highest BCUT2D eigenvalue weighted by Gasteiger charge is 2.37. The van der Waals surface area contributed by atoms with Crippen LogP contribution in [-0.2, 0) is 56.0 Å². The molecule has 83 heavy (non-hydrogen) atoms. The summed E-state index contributed by atoms with van der Waals surface area (Å²) in [5.74, 6) is -8.08. The minimum absolute atomic E-state index is 0.0000477. The van der Waals surface area contributed by atoms with E-state index in [0.717, 1.165) is 75.1 Å². The van der Waals surface area contributed by atoms with Crippen molar-refractivity contribution in [2.45, 2.75) is 191 Å². The van der Waals surface area contributed by atoms with Gasteiger partial charge < -0.3 is 70.2 Å². The number of hydrogen-bond donors (Lipinski definition) is 13. The Hall–Kier alpha value is -6.59. The molecule has 2 heterocycles. The van der Waals surface area contributed by atoms with Gasteiger partial charge in [-0.15, -0.1) is 0 Å². The molecule has 3 aromatic rings. The molecular weight excluding hydrogens is 1060 g/mol. The Kier molecular flexibility index (Phi) is 29.3. The minimum atomic E-state index is -1.35. The van der Waals surface area contributed by atoms with Crippen molar-refractivity contribution in [1.82, 2.24) is 42.2 Å². The van der Waals surface area contributed by atoms with Gasteiger partial charge in [-0.2, -0.15) is 0 Å². The molecule has 0 spiro atoms. The molecular formula is C61H94N12O10. The lowest BCUT2D eigenvalue weighted by molar-refractivity contribution is -0.136. The summed E-state index contributed by atoms with van der Waals surface area (Å²) >= 11 is 0. The predicted molar refractivity (Wildman–Crippen MR) is 317 cm³/mol. The van der Waals surface area contributed by atoms with Gasteiger partial charge in [-0.1, -0.05) is 120 Å². The van der Waals surface area contributed by atoms with E-state index in [1.807, 2.05) is 24.3 Å². The molecule has 1 saturated heterocycles. The summed E-state index contributed by atoms with van der Waals surface area (Å²) in [7, 11) is 0. The van der Waals surface area contributed by atoms with Crippen LogP contribution in [0.5, 0.6) is 0 Å². The molecule has 458 valence electrons. The third-order valence-electron chi connectivity index (χ3n) is 16.0. The van der Waals surface area contributed by atoms with Crippen LogP contribution in [-0.4, -0.2) is 138 Å². The zero-order chi connectivity index (χ0) is 60.1. The van der Waals surface area contributed by atoms with Gasteiger partial charge in [0.1, 0.15) is 24.2 Å². The number of amides is 7. The molecule has 0 unspecified atom stereocenters. The number of unbranched alkanes of at least 4 members (excludes halogenated alkanes) is 4. The highest BCUT2D eigenvalue weighted by atomic mass is 16.3. The number of hydrogen-bond acceptors (Lipinski definition) is 14. The second kappa shape index (κ2) is 36.2. The van der Waals surface area contributed by atoms with Gasteiger partial charge in [-0.3, -0.25) is 43.2 Å². The number of rotatable bonds is 26. The maximum atomic E-state index is 14.7. The first-order valence-corrected chi connectivity index (χ1v) is 30.3. The third-order valence-corrected chi connectivity index (χ3v) is 16.0. The Labute approximate surface area is 488 Å². The second-order valence-corrected chi connectivity index (χ2v) is 22.6. The van der Waals surface area contributed by atoms with Crippen molar-refractivity contribution in [1.29, 1.82) is 0 Å². The average Bonchev–Trinajstić information content (AvgIpc) is 3.96. The monoisotopic (exact) mass is 1150 g/mol. The zero-order valence-electron chi connectivity index (χ0n) is 48.6. The number of aliphatic hydroxyl groups excluding tert-OH is 1. The number of benzene rings is 2. The van der Waals surface area contributed by atoms with Gasteiger partial charge in [-0.05, 0) is 94.2 Å². The third kappa shape index (κ3) is 22.5. The summed E-state index contributed by atoms with van der Waals surface area (Å²) in [4.78, 5) is 133. The Morgan fingerprint density at radius 2 is 1.22 bits per heavy atom. The maximum absolute atomic E-state index is 14.7. The van der Waals surface area contributed by atoms with Crippen LogP contribution in [0.4, 0.5) is 0 Å². The van der Waals surface area contributed by atoms with Crippen LogP contribution < -0.4 is 60.2 Å². The quantitative estimate of drug-likeness (QED) is 0.0512. The second-order valence-electron chi connectivity index (χ2n) is 22.6. The van der Waals surface area contributed by atoms with Crippen LogP contribution in [0.15, 0.2) is 60.8 Å². The Morgan fingerprint density at radius 3 is 1.93 bits per heavy atom. The molecule has 7 amide bonds. The molecule has 0 radical (unpaired) electrons. The lowest BCUT2D eigenvalue weighted by Crippen LogP contribution is -2.59. The van der Waals surface area contributed by atoms with E-state index >= 15 is 0 Å². The number of aliphatic hydroxyl groups is 1. The molecule has 2 aromatic carbocycles. The number of nitrogens with one attached hydrogen (secondary N) is 8. The molecule has 2 fully saturated rings. The molecule has 1 aliphatic carbocycles. The first-order chi connectivity index (χ1) is 40.1. The van der Waals surface area contributed by atoms with Gasteiger partial charge in [0.05, 0.1) is 24.6 Å². The SMILES string of the molecule is CCCCCCC[C@@H](O)CC(=O)N[C@H](CCN)C(=O)C[C@H]1CCNC(=O)[C@H](Cc2c[nH]c3ccccc23)NC(=O)[C@H](CCN)CC(=O)[C@H](CCN)NC(=O)[C@H](CC2CCCCC2)NC(=O)[C@@H](Cc2ccccc2)NC(=O)[C@H](CCN)NC1=O. The van der Waals surface area contributed by atoms with Gasteiger partial charge in [0, 0.05) is 61.2 Å². The van der Waals surface area contributed by atoms with Crippen LogP contribution in [0.3, 0.4) is 0 Å². The summed E-state index contributed by atoms with van der Waals surface area (Å²) in [6.45, 7) is 1.78. The van der Waals surface area contributed by atoms with Crippen LogP contribution in [0.1, 0.15) is 146 Å². The summed E-state index contributed by atoms with van der Waals surface area (Å²) in [5, 5.41) is 31.3. The van der Waals surface area contributed by atoms with Crippen molar-refractivity contribution in [3.63, 3.8) is 0 Å². The van der Waals surface area contributed by atoms with Gasteiger partial charge >= 0.3 is 0 Å². The Morgan fingerprint density at radius 1 is 0.614 bits per heavy atom. The number of carbonyl (C=O) groups is 9. The highest BCUT2D eigenvalue weighted by molar-refractivity contribution is 5.98. The number of ketones is 2. The topological polar surface area (TPSA) is 378 Å². The molecule has 2 aliphatic rings. The maximum Gasteiger partial charge on any atom is 0.243 e. The van der Waals surface area contributed by atoms with E-state index in [1.54, 1.807) is 36.5 Å². The summed E-state index contributed by atoms with van der Waals surface area (Å²) < 4.78 is 0. The number of aromatic amines is 1. The number of nitrogens with two attached hydrogens (primary N) is 4. The van der Waals surface area contributed by atoms with E-state index in [2.05, 4.69) is 49.1 Å². The number of carbonyl (C=O) groups excluding carboxylic acids is 9. The lowest BCUT2D eigenvalue weighted by atomic mass is 9.84. The van der Waals surface area contributed by atoms with Gasteiger partial charge in [0.2, 0.25) is 41.4 Å². The minimum Gasteiger partial charge on any atom is -0.393 e. The van der Waals surface area contributed by atoms with E-state index in [1.165, 1.54) is 0 Å². The van der Waals surface area contributed by atoms with E-state index in [-0.39, 0.29) is 103 Å². The van der Waals surface area contributed by atoms with Gasteiger partial charge in [0.15, 0.2) is 11.6 Å². The molecule has 5 rings (SSSR count). The number of aromatic nitrogens is 1. The van der Waals surface area contributed by atoms with Gasteiger partial charge in [-0.25, -0.2) is 0 Å². The highest BCUT2D eigenvalue weighted by Crippen LogP contribution is 2.28. The molecule has 1 saturated carbocycles. The number of H-pyrrole nitrogens is 1. The average molecular weight is 1160 g/mol. The first-order valence-electron chi connectivity index (χ1n) is 30.3. The fourth-order valence-corrected chi connectivity index (χ4v) is 11.2. The lowest BCUT2D eigenvalue weighted by Gasteiger charge is -2.30. The van der Waals surface area contributed by atoms with Crippen LogP contribution in [0.2, 0.25) is 0 Å². The molecule has 9 atom stereocenters. The molecule has 22 nitrogen and oxygen atoms in total. The van der Waals surface area contributed by atoms with Gasteiger partial charge in [0.25, 0.3) is 0 Å². The van der Waals surface area contributed by atoms with Crippen molar-refractivity contribution in [2.24, 2.45) is 40.7 Å². The standard InChI is InChI=1S/C61H94N12O10/c1-2-3-4-5-12-19-44(74)37-55(77)68-47(23-28-63)53(75)36-42-26-31-66-58(80)52(34-43-38-67-46-21-14-13-20-45(43)46)71-56(78)41(22-27-62)35-54(76)48(24-29-64)69-60(82)50(32-39-15-8-6-9-16-39)73-61(83)51(33-40-17-10-7-11-18-40)72-59(81)49(25-30-65)70-57(42)79/h7,10-11,13-14,17-18,20-21,38-39,41-42,44,47-52,67,74H,2-6,8-9,12,15-16,19,22-37,62-65H2,1H3,(H,66,80)(H,68,77)(H,69,82)(H,70,79)(H,71,78)(H,72,81)(H,73,83)/t41-,42-,44-,47-,48+,49+,50+,51-,52+/m1/s1. The van der Waals surface area contributed by atoms with E-state index in [9.17, 15) is 48.3 Å². The molecule has 1 aromatic heterocycles. The molecule has 0 bridgehead atoms. The van der Waals surface area contributed by atoms with E-state index in [4.69, 9.17) is 22.9 Å². The molecule has 22 heteroatoms. The molecule has 17 N–H and O–H groups in total. The summed E-state index contributed by atoms with van der Waals surface area (Å²) in [6.07, 6.45) is 9.37. The number of para-hydroxylation sites is 1. The van der Waals surface area contributed by atoms with Crippen molar-refractivity contribution < 1.29 is 48.3 Å². The fraction of sp³-hybridized carbons (Fsp3) is 0.623. The van der Waals surface area contributed by atoms with Crippen LogP contribution in [0.25, 0.3) is 10.9 Å². The smallest absolute Gasteiger partial charge is 0.243 e. The first kappa shape index (κ1) is 67.2. The summed E-state index contributed by atoms with van der Waals surface area (Å²) in [5.41, 5.74) is 26.3. The van der Waals surface area contributed by atoms with Crippen molar-refractivity contribution >= 4 is 63.8 Å². The normalized spacial score (nSPS) is 23.2. The van der Waals surface area contributed by atoms with Crippen molar-refractivity contribution in [2.75, 3.05) is 32.7 Å². The van der Waals surface area contributed by atoms with E-state index in [0.29, 0.717) is 17.5 Å². The van der Waals surface area contributed by atoms with Crippen LogP contribution in [0, 0.1) is 17.8 Å². The molecule has 1 aliphatic heterocycles. The fourth-order valence-electron chi connectivity index (χ4n) is 11.2. The van der Waals surface area contributed by atoms with E-state index < -0.39 is 114 Å². The van der Waals surface area contributed by atoms with Crippen molar-refractivity contribution in [3.05, 3.63) is 71.9 Å². The zero-order valence-corrected chi connectivity index (χ0v) is 48.6. The number of Topliss-reactive ketones (excluding diaryl/α,β-unsaturated/α-hetero) is 2. The Balaban J connectivity index is 1.53. The predicted octanol–water partition coefficient (Wildman–Crippen LogP) is 2.01. The Bertz CT molecular complexity index is 2560. The van der Waals surface area contributed by atoms with Crippen molar-refractivity contribution in [3.8, 4) is 0 Å². The number of fused-ring (bicyclic) bond motifs is 1. The van der Waals surface area contributed by atoms with Crippen LogP contribution >= 0.6 is 0 Å². The summed E-state index contributed by atoms with van der Waals surface area (Å²) in [6, 6.07) is 8.95.